The molecule has 0 N–H and O–H groups in total. The van der Waals surface area contributed by atoms with E-state index in [1.807, 2.05) is 6.07 Å². The van der Waals surface area contributed by atoms with Gasteiger partial charge < -0.3 is 28.4 Å². The van der Waals surface area contributed by atoms with Gasteiger partial charge in [0.25, 0.3) is 0 Å². The Labute approximate surface area is 203 Å². The van der Waals surface area contributed by atoms with Crippen LogP contribution in [0.15, 0.2) is 53.1 Å². The van der Waals surface area contributed by atoms with Crippen LogP contribution >= 0.6 is 0 Å². The van der Waals surface area contributed by atoms with E-state index in [2.05, 4.69) is 5.16 Å². The van der Waals surface area contributed by atoms with Crippen LogP contribution in [0.4, 0.5) is 5.69 Å². The van der Waals surface area contributed by atoms with Crippen molar-refractivity contribution in [2.75, 3.05) is 26.2 Å². The summed E-state index contributed by atoms with van der Waals surface area (Å²) in [7, 11) is 4.67. The number of methoxy groups -OCH3 is 3. The third-order valence-corrected chi connectivity index (χ3v) is 6.03. The summed E-state index contributed by atoms with van der Waals surface area (Å²) in [6.07, 6.45) is 0.551. The molecule has 2 atom stereocenters. The van der Waals surface area contributed by atoms with Gasteiger partial charge in [-0.05, 0) is 55.3 Å². The Bertz CT molecular complexity index is 1190. The van der Waals surface area contributed by atoms with Crippen LogP contribution in [0.3, 0.4) is 0 Å². The van der Waals surface area contributed by atoms with E-state index < -0.39 is 17.9 Å². The first-order valence-corrected chi connectivity index (χ1v) is 11.2. The molecule has 1 aromatic heterocycles. The molecule has 2 aromatic carbocycles. The Morgan fingerprint density at radius 3 is 2.40 bits per heavy atom. The second-order valence-electron chi connectivity index (χ2n) is 8.21. The number of carbonyl (C=O) groups excluding carboxylic acids is 2. The van der Waals surface area contributed by atoms with Crippen LogP contribution in [0.5, 0.6) is 17.2 Å². The number of aromatic nitrogens is 1. The van der Waals surface area contributed by atoms with Crippen LogP contribution in [-0.4, -0.2) is 38.4 Å². The van der Waals surface area contributed by atoms with E-state index in [0.29, 0.717) is 40.8 Å². The van der Waals surface area contributed by atoms with E-state index in [4.69, 9.17) is 23.5 Å². The van der Waals surface area contributed by atoms with E-state index in [-0.39, 0.29) is 18.9 Å². The van der Waals surface area contributed by atoms with Gasteiger partial charge in [-0.25, -0.2) is 0 Å². The van der Waals surface area contributed by atoms with Crippen LogP contribution in [-0.2, 0) is 20.9 Å². The summed E-state index contributed by atoms with van der Waals surface area (Å²) < 4.78 is 26.9. The van der Waals surface area contributed by atoms with Gasteiger partial charge in [-0.3, -0.25) is 9.59 Å². The molecule has 0 spiro atoms. The minimum absolute atomic E-state index is 0.0364. The zero-order valence-electron chi connectivity index (χ0n) is 20.1. The highest BCUT2D eigenvalue weighted by molar-refractivity contribution is 5.97. The third kappa shape index (κ3) is 5.08. The maximum absolute atomic E-state index is 13.3. The summed E-state index contributed by atoms with van der Waals surface area (Å²) in [5.74, 6) is 1.04. The fraction of sp³-hybridized carbons (Fsp3) is 0.346. The SMILES string of the molecule is COc1ccc(N2C(=O)CC[C@H](C(=O)OCc3cc(C)no3)[C@@H]2c2ccc(OC)c(OC)c2)cc1. The first-order valence-electron chi connectivity index (χ1n) is 11.2. The number of rotatable bonds is 8. The molecule has 0 saturated carbocycles. The number of piperidine rings is 1. The molecule has 3 aromatic rings. The maximum atomic E-state index is 13.3. The zero-order chi connectivity index (χ0) is 24.9. The average molecular weight is 481 g/mol. The quantitative estimate of drug-likeness (QED) is 0.442. The van der Waals surface area contributed by atoms with Gasteiger partial charge in [-0.2, -0.15) is 0 Å². The second kappa shape index (κ2) is 10.5. The van der Waals surface area contributed by atoms with Gasteiger partial charge in [0, 0.05) is 18.2 Å². The zero-order valence-corrected chi connectivity index (χ0v) is 20.1. The van der Waals surface area contributed by atoms with Crippen molar-refractivity contribution >= 4 is 17.6 Å². The number of amides is 1. The predicted molar refractivity (Wildman–Crippen MR) is 127 cm³/mol. The molecule has 1 fully saturated rings. The number of nitrogens with zero attached hydrogens (tertiary/aromatic N) is 2. The summed E-state index contributed by atoms with van der Waals surface area (Å²) >= 11 is 0. The van der Waals surface area contributed by atoms with Gasteiger partial charge in [-0.15, -0.1) is 0 Å². The highest BCUT2D eigenvalue weighted by Crippen LogP contribution is 2.43. The first kappa shape index (κ1) is 24.1. The number of aryl methyl sites for hydroxylation is 1. The topological polar surface area (TPSA) is 100 Å². The molecule has 1 aliphatic rings. The number of hydrogen-bond acceptors (Lipinski definition) is 8. The Kier molecular flexibility index (Phi) is 7.24. The van der Waals surface area contributed by atoms with Crippen molar-refractivity contribution in [3.8, 4) is 17.2 Å². The molecule has 0 aliphatic carbocycles. The molecular weight excluding hydrogens is 452 g/mol. The summed E-state index contributed by atoms with van der Waals surface area (Å²) in [4.78, 5) is 28.2. The first-order chi connectivity index (χ1) is 16.9. The molecule has 9 heteroatoms. The molecule has 35 heavy (non-hydrogen) atoms. The number of esters is 1. The van der Waals surface area contributed by atoms with Gasteiger partial charge in [0.2, 0.25) is 5.91 Å². The van der Waals surface area contributed by atoms with E-state index in [1.54, 1.807) is 75.6 Å². The van der Waals surface area contributed by atoms with Crippen LogP contribution in [0.1, 0.15) is 35.9 Å². The standard InChI is InChI=1S/C26H28N2O7/c1-16-13-20(35-27-16)15-34-26(30)21-10-12-24(29)28(18-6-8-19(31-2)9-7-18)25(21)17-5-11-22(32-3)23(14-17)33-4/h5-9,11,13-14,21,25H,10,12,15H2,1-4H3/t21-,25-/m0/s1. The lowest BCUT2D eigenvalue weighted by molar-refractivity contribution is -0.152. The predicted octanol–water partition coefficient (Wildman–Crippen LogP) is 4.24. The van der Waals surface area contributed by atoms with Crippen molar-refractivity contribution in [1.82, 2.24) is 5.16 Å². The van der Waals surface area contributed by atoms with Crippen molar-refractivity contribution in [3.63, 3.8) is 0 Å². The van der Waals surface area contributed by atoms with Crippen molar-refractivity contribution in [1.29, 1.82) is 0 Å². The number of benzene rings is 2. The monoisotopic (exact) mass is 480 g/mol. The summed E-state index contributed by atoms with van der Waals surface area (Å²) in [5.41, 5.74) is 2.08. The van der Waals surface area contributed by atoms with Gasteiger partial charge >= 0.3 is 5.97 Å². The second-order valence-corrected chi connectivity index (χ2v) is 8.21. The minimum atomic E-state index is -0.617. The molecule has 0 bridgehead atoms. The van der Waals surface area contributed by atoms with Crippen molar-refractivity contribution < 1.29 is 33.1 Å². The summed E-state index contributed by atoms with van der Waals surface area (Å²) in [5, 5.41) is 3.83. The number of carbonyl (C=O) groups is 2. The Balaban J connectivity index is 1.72. The van der Waals surface area contributed by atoms with E-state index in [9.17, 15) is 9.59 Å². The molecule has 184 valence electrons. The number of anilines is 1. The van der Waals surface area contributed by atoms with E-state index in [1.165, 1.54) is 0 Å². The highest BCUT2D eigenvalue weighted by Gasteiger charge is 2.42. The third-order valence-electron chi connectivity index (χ3n) is 6.03. The maximum Gasteiger partial charge on any atom is 0.311 e. The van der Waals surface area contributed by atoms with E-state index >= 15 is 0 Å². The van der Waals surface area contributed by atoms with Gasteiger partial charge in [0.15, 0.2) is 23.9 Å². The van der Waals surface area contributed by atoms with Crippen LogP contribution < -0.4 is 19.1 Å². The van der Waals surface area contributed by atoms with Crippen LogP contribution in [0.2, 0.25) is 0 Å². The minimum Gasteiger partial charge on any atom is -0.497 e. The lowest BCUT2D eigenvalue weighted by Crippen LogP contribution is -2.46. The summed E-state index contributed by atoms with van der Waals surface area (Å²) in [6, 6.07) is 13.6. The molecule has 0 radical (unpaired) electrons. The molecule has 2 heterocycles. The molecule has 1 amide bonds. The average Bonchev–Trinajstić information content (AvgIpc) is 3.31. The lowest BCUT2D eigenvalue weighted by Gasteiger charge is -2.40. The fourth-order valence-corrected chi connectivity index (χ4v) is 4.34. The molecule has 4 rings (SSSR count). The number of ether oxygens (including phenoxy) is 4. The van der Waals surface area contributed by atoms with Gasteiger partial charge in [0.05, 0.1) is 39.0 Å². The Morgan fingerprint density at radius 1 is 1.03 bits per heavy atom. The largest absolute Gasteiger partial charge is 0.497 e. The molecular formula is C26H28N2O7. The Morgan fingerprint density at radius 2 is 1.77 bits per heavy atom. The van der Waals surface area contributed by atoms with Gasteiger partial charge in [0.1, 0.15) is 5.75 Å². The van der Waals surface area contributed by atoms with Crippen molar-refractivity contribution in [2.45, 2.75) is 32.4 Å². The molecule has 0 unspecified atom stereocenters. The number of hydrogen-bond donors (Lipinski definition) is 0. The van der Waals surface area contributed by atoms with Crippen molar-refractivity contribution in [2.24, 2.45) is 5.92 Å². The van der Waals surface area contributed by atoms with Crippen molar-refractivity contribution in [3.05, 3.63) is 65.5 Å². The fourth-order valence-electron chi connectivity index (χ4n) is 4.34. The van der Waals surface area contributed by atoms with Crippen LogP contribution in [0, 0.1) is 12.8 Å². The van der Waals surface area contributed by atoms with Gasteiger partial charge in [-0.1, -0.05) is 11.2 Å². The molecule has 1 saturated heterocycles. The van der Waals surface area contributed by atoms with Crippen LogP contribution in [0.25, 0.3) is 0 Å². The highest BCUT2D eigenvalue weighted by atomic mass is 16.6. The summed E-state index contributed by atoms with van der Waals surface area (Å²) in [6.45, 7) is 1.76. The van der Waals surface area contributed by atoms with E-state index in [0.717, 1.165) is 5.56 Å². The lowest BCUT2D eigenvalue weighted by atomic mass is 9.83. The smallest absolute Gasteiger partial charge is 0.311 e. The Hall–Kier alpha value is -4.01. The molecule has 1 aliphatic heterocycles. The molecule has 9 nitrogen and oxygen atoms in total. The normalized spacial score (nSPS) is 17.7.